The lowest BCUT2D eigenvalue weighted by Gasteiger charge is -2.15. The van der Waals surface area contributed by atoms with Crippen LogP contribution >= 0.6 is 0 Å². The molecule has 2 heteroatoms. The molecule has 1 aromatic heterocycles. The number of hydrogen-bond acceptors (Lipinski definition) is 1. The third-order valence-corrected chi connectivity index (χ3v) is 6.75. The van der Waals surface area contributed by atoms with Crippen LogP contribution < -0.4 is 0 Å². The van der Waals surface area contributed by atoms with Gasteiger partial charge in [-0.2, -0.15) is 5.26 Å². The molecule has 34 heavy (non-hydrogen) atoms. The average molecular weight is 437 g/mol. The van der Waals surface area contributed by atoms with Gasteiger partial charge in [0.2, 0.25) is 0 Å². The van der Waals surface area contributed by atoms with E-state index in [9.17, 15) is 5.26 Å². The van der Waals surface area contributed by atoms with E-state index in [1.54, 1.807) is 0 Å². The first-order valence-corrected chi connectivity index (χ1v) is 11.7. The highest BCUT2D eigenvalue weighted by Gasteiger charge is 2.14. The van der Waals surface area contributed by atoms with Crippen LogP contribution in [0.2, 0.25) is 0 Å². The normalized spacial score (nSPS) is 15.4. The Balaban J connectivity index is 1.52. The lowest BCUT2D eigenvalue weighted by molar-refractivity contribution is 0.749. The monoisotopic (exact) mass is 436 g/mol. The van der Waals surface area contributed by atoms with E-state index in [0.717, 1.165) is 23.1 Å². The van der Waals surface area contributed by atoms with Gasteiger partial charge in [-0.15, -0.1) is 0 Å². The maximum atomic E-state index is 9.41. The second-order valence-electron chi connectivity index (χ2n) is 9.09. The van der Waals surface area contributed by atoms with Gasteiger partial charge in [0.15, 0.2) is 0 Å². The van der Waals surface area contributed by atoms with Crippen molar-refractivity contribution in [3.63, 3.8) is 0 Å². The highest BCUT2D eigenvalue weighted by Crippen LogP contribution is 2.36. The van der Waals surface area contributed by atoms with Gasteiger partial charge in [0, 0.05) is 16.5 Å². The molecule has 162 valence electrons. The summed E-state index contributed by atoms with van der Waals surface area (Å²) >= 11 is 0. The van der Waals surface area contributed by atoms with Crippen molar-refractivity contribution in [1.82, 2.24) is 4.57 Å². The summed E-state index contributed by atoms with van der Waals surface area (Å²) in [5, 5.41) is 11.8. The molecule has 0 spiro atoms. The Morgan fingerprint density at radius 1 is 0.765 bits per heavy atom. The van der Waals surface area contributed by atoms with E-state index in [1.807, 2.05) is 18.2 Å². The van der Waals surface area contributed by atoms with Gasteiger partial charge in [-0.1, -0.05) is 73.7 Å². The van der Waals surface area contributed by atoms with Gasteiger partial charge < -0.3 is 4.57 Å². The van der Waals surface area contributed by atoms with Crippen LogP contribution in [0.1, 0.15) is 24.5 Å². The molecule has 6 rings (SSSR count). The van der Waals surface area contributed by atoms with Crippen LogP contribution in [-0.4, -0.2) is 4.57 Å². The molecule has 0 saturated heterocycles. The number of nitriles is 1. The molecule has 1 heterocycles. The first-order valence-electron chi connectivity index (χ1n) is 11.7. The Morgan fingerprint density at radius 2 is 1.56 bits per heavy atom. The van der Waals surface area contributed by atoms with Gasteiger partial charge in [-0.3, -0.25) is 0 Å². The molecule has 0 N–H and O–H groups in total. The third-order valence-electron chi connectivity index (χ3n) is 6.75. The number of aromatic nitrogens is 1. The Kier molecular flexibility index (Phi) is 4.90. The van der Waals surface area contributed by atoms with Gasteiger partial charge in [-0.05, 0) is 77.1 Å². The van der Waals surface area contributed by atoms with E-state index in [0.29, 0.717) is 11.5 Å². The van der Waals surface area contributed by atoms with Crippen LogP contribution in [-0.2, 0) is 0 Å². The highest BCUT2D eigenvalue weighted by molar-refractivity contribution is 6.10. The fourth-order valence-electron chi connectivity index (χ4n) is 5.10. The molecular weight excluding hydrogens is 412 g/mol. The minimum atomic E-state index is 0.575. The fraction of sp³-hybridized carbons (Fsp3) is 0.0938. The average Bonchev–Trinajstić information content (AvgIpc) is 3.22. The molecule has 4 aromatic carbocycles. The summed E-state index contributed by atoms with van der Waals surface area (Å²) in [6.07, 6.45) is 7.77. The molecule has 0 fully saturated rings. The van der Waals surface area contributed by atoms with Crippen molar-refractivity contribution in [1.29, 1.82) is 5.26 Å². The summed E-state index contributed by atoms with van der Waals surface area (Å²) in [6.45, 7) is 2.27. The fourth-order valence-corrected chi connectivity index (χ4v) is 5.10. The maximum Gasteiger partial charge on any atom is 0.0992 e. The SMILES string of the molecule is CC1C=CC=C(c2cccc(-c3ccc4c(c3)c3ccccc3n4-c3cccc(C#N)c3)c2)C1. The minimum Gasteiger partial charge on any atom is -0.309 e. The van der Waals surface area contributed by atoms with E-state index >= 15 is 0 Å². The highest BCUT2D eigenvalue weighted by atomic mass is 15.0. The van der Waals surface area contributed by atoms with Crippen molar-refractivity contribution in [2.45, 2.75) is 13.3 Å². The molecule has 0 saturated carbocycles. The number of benzene rings is 4. The van der Waals surface area contributed by atoms with E-state index in [4.69, 9.17) is 0 Å². The van der Waals surface area contributed by atoms with Crippen LogP contribution in [0, 0.1) is 17.2 Å². The summed E-state index contributed by atoms with van der Waals surface area (Å²) in [7, 11) is 0. The maximum absolute atomic E-state index is 9.41. The van der Waals surface area contributed by atoms with E-state index in [2.05, 4.69) is 109 Å². The summed E-state index contributed by atoms with van der Waals surface area (Å²) < 4.78 is 2.26. The van der Waals surface area contributed by atoms with Crippen LogP contribution in [0.15, 0.2) is 109 Å². The molecule has 0 aliphatic heterocycles. The molecular formula is C32H24N2. The smallest absolute Gasteiger partial charge is 0.0992 e. The zero-order chi connectivity index (χ0) is 23.1. The molecule has 1 unspecified atom stereocenters. The van der Waals surface area contributed by atoms with Crippen molar-refractivity contribution < 1.29 is 0 Å². The third kappa shape index (κ3) is 3.43. The first kappa shape index (κ1) is 20.3. The number of nitrogens with zero attached hydrogens (tertiary/aromatic N) is 2. The van der Waals surface area contributed by atoms with Gasteiger partial charge in [-0.25, -0.2) is 0 Å². The number of para-hydroxylation sites is 1. The van der Waals surface area contributed by atoms with E-state index < -0.39 is 0 Å². The van der Waals surface area contributed by atoms with Crippen molar-refractivity contribution in [3.05, 3.63) is 120 Å². The van der Waals surface area contributed by atoms with Gasteiger partial charge in [0.05, 0.1) is 22.7 Å². The standard InChI is InChI=1S/C32H24N2/c1-22-7-4-9-24(17-22)25-10-6-11-26(19-25)27-15-16-32-30(20-27)29-13-2-3-14-31(29)34(32)28-12-5-8-23(18-28)21-33/h2-16,18-20,22H,17H2,1H3. The Morgan fingerprint density at radius 3 is 2.44 bits per heavy atom. The summed E-state index contributed by atoms with van der Waals surface area (Å²) in [6, 6.07) is 34.2. The Labute approximate surface area is 199 Å². The predicted octanol–water partition coefficient (Wildman–Crippen LogP) is 8.30. The van der Waals surface area contributed by atoms with Crippen LogP contribution in [0.25, 0.3) is 44.2 Å². The molecule has 1 aliphatic rings. The van der Waals surface area contributed by atoms with E-state index in [-0.39, 0.29) is 0 Å². The van der Waals surface area contributed by atoms with Gasteiger partial charge >= 0.3 is 0 Å². The quantitative estimate of drug-likeness (QED) is 0.280. The molecule has 2 nitrogen and oxygen atoms in total. The van der Waals surface area contributed by atoms with Gasteiger partial charge in [0.1, 0.15) is 0 Å². The van der Waals surface area contributed by atoms with E-state index in [1.165, 1.54) is 33.0 Å². The van der Waals surface area contributed by atoms with Gasteiger partial charge in [0.25, 0.3) is 0 Å². The second kappa shape index (κ2) is 8.21. The predicted molar refractivity (Wildman–Crippen MR) is 142 cm³/mol. The van der Waals surface area contributed by atoms with Crippen LogP contribution in [0.3, 0.4) is 0 Å². The van der Waals surface area contributed by atoms with Crippen molar-refractivity contribution >= 4 is 27.4 Å². The summed E-state index contributed by atoms with van der Waals surface area (Å²) in [5.74, 6) is 0.575. The lowest BCUT2D eigenvalue weighted by atomic mass is 9.89. The molecule has 1 atom stereocenters. The molecule has 5 aromatic rings. The van der Waals surface area contributed by atoms with Crippen molar-refractivity contribution in [2.24, 2.45) is 5.92 Å². The molecule has 0 radical (unpaired) electrons. The number of fused-ring (bicyclic) bond motifs is 3. The van der Waals surface area contributed by atoms with Crippen LogP contribution in [0.5, 0.6) is 0 Å². The molecule has 0 amide bonds. The Bertz CT molecular complexity index is 1660. The minimum absolute atomic E-state index is 0.575. The largest absolute Gasteiger partial charge is 0.309 e. The zero-order valence-electron chi connectivity index (χ0n) is 19.1. The van der Waals surface area contributed by atoms with Crippen LogP contribution in [0.4, 0.5) is 0 Å². The lowest BCUT2D eigenvalue weighted by Crippen LogP contribution is -1.97. The second-order valence-corrected chi connectivity index (χ2v) is 9.09. The van der Waals surface area contributed by atoms with Crippen molar-refractivity contribution in [3.8, 4) is 22.9 Å². The summed E-state index contributed by atoms with van der Waals surface area (Å²) in [5.41, 5.74) is 9.09. The zero-order valence-corrected chi connectivity index (χ0v) is 19.1. The number of rotatable bonds is 3. The number of hydrogen-bond donors (Lipinski definition) is 0. The number of allylic oxidation sites excluding steroid dienone is 4. The molecule has 1 aliphatic carbocycles. The van der Waals surface area contributed by atoms with Crippen molar-refractivity contribution in [2.75, 3.05) is 0 Å². The summed E-state index contributed by atoms with van der Waals surface area (Å²) in [4.78, 5) is 0. The Hall–Kier alpha value is -4.35. The molecule has 0 bridgehead atoms. The topological polar surface area (TPSA) is 28.7 Å². The first-order chi connectivity index (χ1) is 16.7.